The first-order valence-corrected chi connectivity index (χ1v) is 8.80. The fourth-order valence-corrected chi connectivity index (χ4v) is 3.56. The van der Waals surface area contributed by atoms with E-state index in [0.717, 1.165) is 0 Å². The third kappa shape index (κ3) is 3.86. The van der Waals surface area contributed by atoms with Crippen LogP contribution in [0.25, 0.3) is 27.9 Å². The summed E-state index contributed by atoms with van der Waals surface area (Å²) in [7, 11) is 0. The molecule has 6 rings (SSSR count). The number of aliphatic imine (C=N–C) groups is 1. The largest absolute Gasteiger partial charge is 3.00 e. The van der Waals surface area contributed by atoms with Crippen LogP contribution in [-0.2, 0) is 24.1 Å². The number of hydrogen-bond donors (Lipinski definition) is 0. The van der Waals surface area contributed by atoms with E-state index in [0.29, 0.717) is 33.1 Å². The smallest absolute Gasteiger partial charge is 0.872 e. The van der Waals surface area contributed by atoms with Crippen LogP contribution in [-0.4, -0.2) is 10.9 Å². The third-order valence-corrected chi connectivity index (χ3v) is 4.69. The quantitative estimate of drug-likeness (QED) is 0.190. The van der Waals surface area contributed by atoms with Crippen LogP contribution in [0.1, 0.15) is 5.56 Å². The number of nitrogens with zero attached hydrogens (tertiary/aromatic N) is 3. The topological polar surface area (TPSA) is 127 Å². The summed E-state index contributed by atoms with van der Waals surface area (Å²) in [5.41, 5.74) is 2.38. The Morgan fingerprint density at radius 2 is 1.52 bits per heavy atom. The predicted molar refractivity (Wildman–Crippen MR) is 102 cm³/mol. The van der Waals surface area contributed by atoms with E-state index < -0.39 is 11.8 Å². The number of aromatic nitrogens is 1. The molecule has 8 heteroatoms. The molecule has 1 saturated carbocycles. The van der Waals surface area contributed by atoms with E-state index in [2.05, 4.69) is 21.6 Å². The van der Waals surface area contributed by atoms with E-state index in [1.165, 1.54) is 12.1 Å². The molecule has 0 unspecified atom stereocenters. The second kappa shape index (κ2) is 9.40. The van der Waals surface area contributed by atoms with Gasteiger partial charge in [-0.2, -0.15) is 0 Å². The molecular formula is C23H11N3O4Ru. The number of benzene rings is 2. The predicted octanol–water partition coefficient (Wildman–Crippen LogP) is -0.232. The molecule has 7 nitrogen and oxygen atoms in total. The van der Waals surface area contributed by atoms with Crippen molar-refractivity contribution in [3.8, 4) is 16.9 Å². The Morgan fingerprint density at radius 3 is 2.19 bits per heavy atom. The summed E-state index contributed by atoms with van der Waals surface area (Å²) in [4.78, 5) is 12.4. The molecule has 150 valence electrons. The molecule has 3 aromatic rings. The summed E-state index contributed by atoms with van der Waals surface area (Å²) in [6.07, 6.45) is 11.6. The van der Waals surface area contributed by atoms with Gasteiger partial charge in [0, 0.05) is 33.5 Å². The molecule has 2 aromatic carbocycles. The summed E-state index contributed by atoms with van der Waals surface area (Å²) in [5.74, 6) is -1.35. The number of fused-ring (bicyclic) bond motifs is 8. The van der Waals surface area contributed by atoms with E-state index >= 15 is 0 Å². The van der Waals surface area contributed by atoms with Crippen molar-refractivity contribution in [2.24, 2.45) is 9.98 Å². The van der Waals surface area contributed by atoms with Gasteiger partial charge in [-0.1, -0.05) is 18.2 Å². The molecule has 6 radical (unpaired) electrons. The van der Waals surface area contributed by atoms with Crippen molar-refractivity contribution in [1.29, 1.82) is 0 Å². The molecule has 0 bridgehead atoms. The Balaban J connectivity index is 0.000000297. The maximum atomic E-state index is 12.2. The van der Waals surface area contributed by atoms with Gasteiger partial charge in [-0.15, -0.1) is 5.75 Å². The van der Waals surface area contributed by atoms with Crippen LogP contribution >= 0.6 is 0 Å². The van der Waals surface area contributed by atoms with Gasteiger partial charge in [0.1, 0.15) is 0 Å². The number of rotatable bonds is 0. The van der Waals surface area contributed by atoms with E-state index in [-0.39, 0.29) is 36.0 Å². The van der Waals surface area contributed by atoms with Crippen LogP contribution in [0.4, 0.5) is 5.69 Å². The van der Waals surface area contributed by atoms with Crippen LogP contribution in [0.2, 0.25) is 0 Å². The minimum Gasteiger partial charge on any atom is -0.872 e. The Morgan fingerprint density at radius 1 is 0.839 bits per heavy atom. The Labute approximate surface area is 191 Å². The van der Waals surface area contributed by atoms with Crippen LogP contribution < -0.4 is 25.9 Å². The van der Waals surface area contributed by atoms with Gasteiger partial charge in [-0.25, -0.2) is 4.99 Å². The summed E-state index contributed by atoms with van der Waals surface area (Å²) >= 11 is 0. The van der Waals surface area contributed by atoms with Gasteiger partial charge in [0.05, 0.1) is 16.6 Å². The van der Waals surface area contributed by atoms with Crippen LogP contribution in [0.3, 0.4) is 0 Å². The summed E-state index contributed by atoms with van der Waals surface area (Å²) in [6, 6.07) is 7.88. The molecular weight excluding hydrogens is 483 g/mol. The fourth-order valence-electron chi connectivity index (χ4n) is 3.56. The first kappa shape index (κ1) is 22.6. The molecule has 1 aliphatic carbocycles. The standard InChI is InChI=1S/C17H9N3O3.C5H5.CO.Ru/c21-7-3-4-10-9(6-7)11-13-12(16(22)20-17(13)23)8-2-1-5-18-14(8)15(11)19-10;1-2-4-5-3-1;1-2;/h1-6,21H,(H2,20,22,23);1-5H;;/q;;;+3/p-3. The Bertz CT molecular complexity index is 1320. The van der Waals surface area contributed by atoms with Gasteiger partial charge in [-0.05, 0) is 56.0 Å². The van der Waals surface area contributed by atoms with E-state index in [4.69, 9.17) is 4.65 Å². The summed E-state index contributed by atoms with van der Waals surface area (Å²) < 4.78 is 7.50. The van der Waals surface area contributed by atoms with Gasteiger partial charge >= 0.3 is 30.8 Å². The molecule has 0 spiro atoms. The van der Waals surface area contributed by atoms with E-state index in [9.17, 15) is 15.3 Å². The number of hydrogen-bond acceptors (Lipinski definition) is 6. The normalized spacial score (nSPS) is 14.5. The van der Waals surface area contributed by atoms with Crippen molar-refractivity contribution < 1.29 is 39.4 Å². The van der Waals surface area contributed by atoms with Crippen LogP contribution in [0, 0.1) is 38.8 Å². The molecule has 3 aliphatic rings. The number of pyridine rings is 1. The van der Waals surface area contributed by atoms with Crippen LogP contribution in [0.15, 0.2) is 46.5 Å². The van der Waals surface area contributed by atoms with Gasteiger partial charge in [-0.3, -0.25) is 9.98 Å². The summed E-state index contributed by atoms with van der Waals surface area (Å²) in [5, 5.41) is 37.4. The van der Waals surface area contributed by atoms with Crippen molar-refractivity contribution >= 4 is 28.4 Å². The average molecular weight is 494 g/mol. The second-order valence-corrected chi connectivity index (χ2v) is 6.35. The van der Waals surface area contributed by atoms with Crippen molar-refractivity contribution in [3.63, 3.8) is 0 Å². The molecule has 0 atom stereocenters. The monoisotopic (exact) mass is 495 g/mol. The molecule has 3 heterocycles. The average Bonchev–Trinajstić information content (AvgIpc) is 3.50. The second-order valence-electron chi connectivity index (χ2n) is 6.35. The SMILES string of the molecule is [C-]#[O+].[CH]1[CH][CH][CH][CH]1.[O-]C1=NC([O-])=c2c1c1c(c3ncccc23)=Nc2ccc([O-])cc2-1.[Ru+3]. The fraction of sp³-hybridized carbons (Fsp3) is 0. The molecule has 2 aliphatic heterocycles. The first-order valence-electron chi connectivity index (χ1n) is 8.80. The maximum Gasteiger partial charge on any atom is 3.00 e. The van der Waals surface area contributed by atoms with Crippen molar-refractivity contribution in [1.82, 2.24) is 4.98 Å². The van der Waals surface area contributed by atoms with Crippen LogP contribution in [0.5, 0.6) is 5.75 Å². The zero-order valence-corrected chi connectivity index (χ0v) is 17.4. The van der Waals surface area contributed by atoms with Crippen molar-refractivity contribution in [3.05, 3.63) is 91.4 Å². The Hall–Kier alpha value is -3.05. The zero-order valence-electron chi connectivity index (χ0n) is 15.7. The molecule has 1 fully saturated rings. The summed E-state index contributed by atoms with van der Waals surface area (Å²) in [6.45, 7) is 4.50. The first-order chi connectivity index (χ1) is 14.6. The molecule has 0 N–H and O–H groups in total. The van der Waals surface area contributed by atoms with Gasteiger partial charge in [0.25, 0.3) is 0 Å². The van der Waals surface area contributed by atoms with E-state index in [1.807, 2.05) is 32.1 Å². The molecule has 0 saturated heterocycles. The maximum absolute atomic E-state index is 12.2. The Kier molecular flexibility index (Phi) is 6.86. The molecule has 0 amide bonds. The minimum atomic E-state index is -0.591. The van der Waals surface area contributed by atoms with Gasteiger partial charge in [0.2, 0.25) is 0 Å². The molecule has 1 aromatic heterocycles. The minimum absolute atomic E-state index is 0. The zero-order chi connectivity index (χ0) is 21.3. The van der Waals surface area contributed by atoms with Crippen molar-refractivity contribution in [2.75, 3.05) is 0 Å². The van der Waals surface area contributed by atoms with E-state index in [1.54, 1.807) is 24.4 Å². The third-order valence-electron chi connectivity index (χ3n) is 4.69. The van der Waals surface area contributed by atoms with Gasteiger partial charge in [0.15, 0.2) is 0 Å². The van der Waals surface area contributed by atoms with Crippen molar-refractivity contribution in [2.45, 2.75) is 0 Å². The van der Waals surface area contributed by atoms with Gasteiger partial charge < -0.3 is 15.3 Å². The molecule has 31 heavy (non-hydrogen) atoms.